The van der Waals surface area contributed by atoms with E-state index in [4.69, 9.17) is 11.0 Å². The molecule has 82 valence electrons. The van der Waals surface area contributed by atoms with Gasteiger partial charge in [-0.1, -0.05) is 6.07 Å². The maximum absolute atomic E-state index is 8.72. The molecule has 15 heavy (non-hydrogen) atoms. The summed E-state index contributed by atoms with van der Waals surface area (Å²) in [4.78, 5) is 0. The molecule has 2 N–H and O–H groups in total. The molecule has 0 fully saturated rings. The lowest BCUT2D eigenvalue weighted by atomic mass is 9.99. The van der Waals surface area contributed by atoms with Crippen LogP contribution >= 0.6 is 23.1 Å². The topological polar surface area (TPSA) is 49.8 Å². The van der Waals surface area contributed by atoms with Crippen LogP contribution in [-0.2, 0) is 0 Å². The lowest BCUT2D eigenvalue weighted by Crippen LogP contribution is -2.33. The number of unbranched alkanes of at least 4 members (excludes halogenated alkanes) is 1. The molecule has 1 rings (SSSR count). The zero-order valence-corrected chi connectivity index (χ0v) is 10.5. The highest BCUT2D eigenvalue weighted by Gasteiger charge is 2.15. The van der Waals surface area contributed by atoms with E-state index in [1.807, 2.05) is 11.8 Å². The van der Waals surface area contributed by atoms with E-state index < -0.39 is 5.54 Å². The van der Waals surface area contributed by atoms with Gasteiger partial charge in [-0.15, -0.1) is 23.1 Å². The number of thiophene rings is 1. The second kappa shape index (κ2) is 6.16. The van der Waals surface area contributed by atoms with E-state index in [0.717, 1.165) is 25.0 Å². The van der Waals surface area contributed by atoms with Gasteiger partial charge in [0.1, 0.15) is 5.54 Å². The molecule has 1 aromatic heterocycles. The molecule has 0 radical (unpaired) electrons. The Morgan fingerprint density at radius 1 is 1.60 bits per heavy atom. The zero-order chi connectivity index (χ0) is 11.1. The standard InChI is InChI=1S/C11H16N2S2/c1-11(13,9-12)6-2-3-7-14-10-5-4-8-15-10/h4-5,8H,2-3,6-7,13H2,1H3. The summed E-state index contributed by atoms with van der Waals surface area (Å²) in [6, 6.07) is 6.32. The van der Waals surface area contributed by atoms with E-state index >= 15 is 0 Å². The second-order valence-corrected chi connectivity index (χ2v) is 6.11. The molecular formula is C11H16N2S2. The van der Waals surface area contributed by atoms with Crippen molar-refractivity contribution in [3.63, 3.8) is 0 Å². The zero-order valence-electron chi connectivity index (χ0n) is 8.90. The van der Waals surface area contributed by atoms with Crippen LogP contribution in [0.5, 0.6) is 0 Å². The van der Waals surface area contributed by atoms with Gasteiger partial charge in [0.2, 0.25) is 0 Å². The molecule has 4 heteroatoms. The van der Waals surface area contributed by atoms with E-state index in [2.05, 4.69) is 23.6 Å². The van der Waals surface area contributed by atoms with Crippen molar-refractivity contribution in [1.29, 1.82) is 5.26 Å². The van der Waals surface area contributed by atoms with Crippen LogP contribution in [0.2, 0.25) is 0 Å². The van der Waals surface area contributed by atoms with Crippen molar-refractivity contribution in [2.45, 2.75) is 35.9 Å². The van der Waals surface area contributed by atoms with Crippen molar-refractivity contribution in [2.75, 3.05) is 5.75 Å². The smallest absolute Gasteiger partial charge is 0.101 e. The van der Waals surface area contributed by atoms with Crippen LogP contribution in [0.1, 0.15) is 26.2 Å². The molecule has 0 aromatic carbocycles. The fourth-order valence-corrected chi connectivity index (χ4v) is 3.03. The third kappa shape index (κ3) is 5.22. The number of nitrogens with zero attached hydrogens (tertiary/aromatic N) is 1. The lowest BCUT2D eigenvalue weighted by molar-refractivity contribution is 0.519. The molecule has 0 saturated carbocycles. The average Bonchev–Trinajstić information content (AvgIpc) is 2.70. The molecule has 0 aliphatic carbocycles. The first-order valence-corrected chi connectivity index (χ1v) is 6.87. The summed E-state index contributed by atoms with van der Waals surface area (Å²) < 4.78 is 1.37. The van der Waals surface area contributed by atoms with Crippen molar-refractivity contribution in [3.8, 4) is 6.07 Å². The fraction of sp³-hybridized carbons (Fsp3) is 0.545. The molecule has 1 heterocycles. The van der Waals surface area contributed by atoms with Crippen molar-refractivity contribution >= 4 is 23.1 Å². The molecule has 0 saturated heterocycles. The minimum atomic E-state index is -0.645. The van der Waals surface area contributed by atoms with E-state index in [-0.39, 0.29) is 0 Å². The Hall–Kier alpha value is -0.500. The highest BCUT2D eigenvalue weighted by Crippen LogP contribution is 2.24. The first kappa shape index (κ1) is 12.6. The Balaban J connectivity index is 2.06. The summed E-state index contributed by atoms with van der Waals surface area (Å²) in [6.45, 7) is 1.79. The van der Waals surface area contributed by atoms with Crippen LogP contribution in [0.15, 0.2) is 21.7 Å². The SMILES string of the molecule is CC(N)(C#N)CCCCSc1cccs1. The molecule has 2 nitrogen and oxygen atoms in total. The predicted molar refractivity (Wildman–Crippen MR) is 67.1 cm³/mol. The summed E-state index contributed by atoms with van der Waals surface area (Å²) in [5.41, 5.74) is 5.08. The van der Waals surface area contributed by atoms with Gasteiger partial charge in [-0.05, 0) is 43.4 Å². The molecule has 1 unspecified atom stereocenters. The molecule has 0 aliphatic heterocycles. The average molecular weight is 240 g/mol. The number of thioether (sulfide) groups is 1. The molecule has 0 amide bonds. The molecular weight excluding hydrogens is 224 g/mol. The van der Waals surface area contributed by atoms with Crippen LogP contribution in [0, 0.1) is 11.3 Å². The summed E-state index contributed by atoms with van der Waals surface area (Å²) in [5.74, 6) is 1.11. The van der Waals surface area contributed by atoms with Crippen LogP contribution < -0.4 is 5.73 Å². The number of hydrogen-bond donors (Lipinski definition) is 1. The van der Waals surface area contributed by atoms with E-state index in [9.17, 15) is 0 Å². The van der Waals surface area contributed by atoms with E-state index in [1.165, 1.54) is 4.21 Å². The van der Waals surface area contributed by atoms with Gasteiger partial charge in [0.05, 0.1) is 10.3 Å². The van der Waals surface area contributed by atoms with Crippen LogP contribution in [0.4, 0.5) is 0 Å². The molecule has 1 atom stereocenters. The Morgan fingerprint density at radius 2 is 2.40 bits per heavy atom. The summed E-state index contributed by atoms with van der Waals surface area (Å²) in [6.07, 6.45) is 2.93. The molecule has 1 aromatic rings. The lowest BCUT2D eigenvalue weighted by Gasteiger charge is -2.14. The van der Waals surface area contributed by atoms with Crippen molar-refractivity contribution in [1.82, 2.24) is 0 Å². The normalized spacial score (nSPS) is 14.5. The highest BCUT2D eigenvalue weighted by molar-refractivity contribution is 8.01. The second-order valence-electron chi connectivity index (χ2n) is 3.77. The Labute approximate surface area is 99.5 Å². The number of rotatable bonds is 6. The molecule has 0 aliphatic rings. The molecule has 0 bridgehead atoms. The summed E-state index contributed by atoms with van der Waals surface area (Å²) in [7, 11) is 0. The van der Waals surface area contributed by atoms with Gasteiger partial charge in [-0.3, -0.25) is 0 Å². The first-order valence-electron chi connectivity index (χ1n) is 5.00. The monoisotopic (exact) mass is 240 g/mol. The van der Waals surface area contributed by atoms with E-state index in [0.29, 0.717) is 0 Å². The predicted octanol–water partition coefficient (Wildman–Crippen LogP) is 3.25. The van der Waals surface area contributed by atoms with Gasteiger partial charge >= 0.3 is 0 Å². The van der Waals surface area contributed by atoms with Crippen molar-refractivity contribution in [2.24, 2.45) is 5.73 Å². The summed E-state index contributed by atoms with van der Waals surface area (Å²) >= 11 is 3.66. The Bertz CT molecular complexity index is 312. The fourth-order valence-electron chi connectivity index (χ4n) is 1.17. The Morgan fingerprint density at radius 3 is 3.00 bits per heavy atom. The van der Waals surface area contributed by atoms with Crippen molar-refractivity contribution < 1.29 is 0 Å². The van der Waals surface area contributed by atoms with Crippen molar-refractivity contribution in [3.05, 3.63) is 17.5 Å². The number of nitriles is 1. The number of nitrogens with two attached hydrogens (primary N) is 1. The maximum Gasteiger partial charge on any atom is 0.101 e. The van der Waals surface area contributed by atoms with Gasteiger partial charge in [-0.2, -0.15) is 5.26 Å². The highest BCUT2D eigenvalue weighted by atomic mass is 32.2. The van der Waals surface area contributed by atoms with Crippen LogP contribution in [0.3, 0.4) is 0 Å². The van der Waals surface area contributed by atoms with Gasteiger partial charge in [-0.25, -0.2) is 0 Å². The number of hydrogen-bond acceptors (Lipinski definition) is 4. The van der Waals surface area contributed by atoms with Crippen LogP contribution in [0.25, 0.3) is 0 Å². The maximum atomic E-state index is 8.72. The Kier molecular flexibility index (Phi) is 5.16. The van der Waals surface area contributed by atoms with Gasteiger partial charge in [0.25, 0.3) is 0 Å². The van der Waals surface area contributed by atoms with E-state index in [1.54, 1.807) is 18.3 Å². The first-order chi connectivity index (χ1) is 7.14. The third-order valence-electron chi connectivity index (χ3n) is 2.09. The van der Waals surface area contributed by atoms with Gasteiger partial charge < -0.3 is 5.73 Å². The summed E-state index contributed by atoms with van der Waals surface area (Å²) in [5, 5.41) is 10.8. The largest absolute Gasteiger partial charge is 0.314 e. The molecule has 0 spiro atoms. The third-order valence-corrected chi connectivity index (χ3v) is 4.30. The van der Waals surface area contributed by atoms with Crippen LogP contribution in [-0.4, -0.2) is 11.3 Å². The quantitative estimate of drug-likeness (QED) is 0.613. The van der Waals surface area contributed by atoms with Gasteiger partial charge in [0, 0.05) is 0 Å². The van der Waals surface area contributed by atoms with Gasteiger partial charge in [0.15, 0.2) is 0 Å². The minimum absolute atomic E-state index is 0.645. The minimum Gasteiger partial charge on any atom is -0.314 e.